The van der Waals surface area contributed by atoms with E-state index in [9.17, 15) is 0 Å². The van der Waals surface area contributed by atoms with Gasteiger partial charge >= 0.3 is 0 Å². The topological polar surface area (TPSA) is 44.5 Å². The van der Waals surface area contributed by atoms with Gasteiger partial charge in [0.1, 0.15) is 0 Å². The van der Waals surface area contributed by atoms with Crippen molar-refractivity contribution in [2.75, 3.05) is 20.8 Å². The van der Waals surface area contributed by atoms with E-state index in [1.807, 2.05) is 6.07 Å². The van der Waals surface area contributed by atoms with Gasteiger partial charge in [-0.2, -0.15) is 0 Å². The van der Waals surface area contributed by atoms with Crippen LogP contribution < -0.4 is 15.2 Å². The highest BCUT2D eigenvalue weighted by molar-refractivity contribution is 9.10. The summed E-state index contributed by atoms with van der Waals surface area (Å²) in [6.07, 6.45) is 3.02. The number of aryl methyl sites for hydroxylation is 1. The first-order chi connectivity index (χ1) is 8.15. The molecule has 0 atom stereocenters. The van der Waals surface area contributed by atoms with E-state index in [2.05, 4.69) is 22.9 Å². The van der Waals surface area contributed by atoms with Crippen LogP contribution in [0.1, 0.15) is 24.0 Å². The van der Waals surface area contributed by atoms with Gasteiger partial charge in [0, 0.05) is 10.0 Å². The zero-order valence-corrected chi connectivity index (χ0v) is 12.3. The molecule has 96 valence electrons. The van der Waals surface area contributed by atoms with Crippen molar-refractivity contribution in [2.45, 2.75) is 26.2 Å². The van der Waals surface area contributed by atoms with E-state index in [1.54, 1.807) is 14.2 Å². The highest BCUT2D eigenvalue weighted by Crippen LogP contribution is 2.39. The van der Waals surface area contributed by atoms with Gasteiger partial charge in [-0.05, 0) is 44.4 Å². The van der Waals surface area contributed by atoms with E-state index < -0.39 is 0 Å². The maximum absolute atomic E-state index is 5.52. The fraction of sp³-hybridized carbons (Fsp3) is 0.538. The molecule has 0 saturated carbocycles. The number of hydrogen-bond donors (Lipinski definition) is 1. The van der Waals surface area contributed by atoms with Crippen LogP contribution in [0.4, 0.5) is 0 Å². The van der Waals surface area contributed by atoms with Gasteiger partial charge in [-0.1, -0.05) is 15.9 Å². The Kier molecular flexibility index (Phi) is 5.78. The molecule has 4 heteroatoms. The molecule has 3 nitrogen and oxygen atoms in total. The van der Waals surface area contributed by atoms with Crippen LogP contribution in [-0.4, -0.2) is 20.8 Å². The molecule has 2 N–H and O–H groups in total. The van der Waals surface area contributed by atoms with Crippen molar-refractivity contribution >= 4 is 15.9 Å². The number of unbranched alkanes of at least 4 members (excludes halogenated alkanes) is 1. The molecule has 0 unspecified atom stereocenters. The molecule has 1 aromatic rings. The van der Waals surface area contributed by atoms with Gasteiger partial charge in [0.2, 0.25) is 0 Å². The van der Waals surface area contributed by atoms with Crippen LogP contribution in [0, 0.1) is 6.92 Å². The summed E-state index contributed by atoms with van der Waals surface area (Å²) in [5.74, 6) is 1.61. The normalized spacial score (nSPS) is 10.4. The largest absolute Gasteiger partial charge is 0.493 e. The molecule has 0 saturated heterocycles. The minimum Gasteiger partial charge on any atom is -0.493 e. The summed E-state index contributed by atoms with van der Waals surface area (Å²) in [7, 11) is 3.33. The average molecular weight is 302 g/mol. The van der Waals surface area contributed by atoms with Crippen molar-refractivity contribution in [1.29, 1.82) is 0 Å². The predicted octanol–water partition coefficient (Wildman–Crippen LogP) is 3.06. The fourth-order valence-electron chi connectivity index (χ4n) is 1.86. The predicted molar refractivity (Wildman–Crippen MR) is 74.0 cm³/mol. The third kappa shape index (κ3) is 3.36. The summed E-state index contributed by atoms with van der Waals surface area (Å²) in [6, 6.07) is 1.98. The monoisotopic (exact) mass is 301 g/mol. The molecular weight excluding hydrogens is 282 g/mol. The number of hydrogen-bond acceptors (Lipinski definition) is 3. The van der Waals surface area contributed by atoms with Crippen LogP contribution in [0.3, 0.4) is 0 Å². The molecule has 0 spiro atoms. The van der Waals surface area contributed by atoms with E-state index in [0.29, 0.717) is 0 Å². The molecule has 0 radical (unpaired) electrons. The number of halogens is 1. The second-order valence-corrected chi connectivity index (χ2v) is 4.76. The Balaban J connectivity index is 3.09. The molecule has 0 amide bonds. The Hall–Kier alpha value is -0.740. The highest BCUT2D eigenvalue weighted by Gasteiger charge is 2.15. The van der Waals surface area contributed by atoms with Crippen molar-refractivity contribution in [1.82, 2.24) is 0 Å². The van der Waals surface area contributed by atoms with Crippen LogP contribution >= 0.6 is 15.9 Å². The number of methoxy groups -OCH3 is 2. The van der Waals surface area contributed by atoms with Crippen LogP contribution in [0.15, 0.2) is 10.5 Å². The van der Waals surface area contributed by atoms with E-state index >= 15 is 0 Å². The minimum atomic E-state index is 0.725. The summed E-state index contributed by atoms with van der Waals surface area (Å²) in [6.45, 7) is 2.78. The van der Waals surface area contributed by atoms with E-state index in [1.165, 1.54) is 0 Å². The first kappa shape index (κ1) is 14.3. The second-order valence-electron chi connectivity index (χ2n) is 3.97. The van der Waals surface area contributed by atoms with Gasteiger partial charge in [-0.25, -0.2) is 0 Å². The molecular formula is C13H20BrNO2. The summed E-state index contributed by atoms with van der Waals surface area (Å²) < 4.78 is 11.9. The van der Waals surface area contributed by atoms with Crippen molar-refractivity contribution in [2.24, 2.45) is 5.73 Å². The third-order valence-corrected chi connectivity index (χ3v) is 3.87. The van der Waals surface area contributed by atoms with Crippen LogP contribution in [0.5, 0.6) is 11.5 Å². The molecule has 0 fully saturated rings. The van der Waals surface area contributed by atoms with E-state index in [-0.39, 0.29) is 0 Å². The van der Waals surface area contributed by atoms with Gasteiger partial charge < -0.3 is 15.2 Å². The zero-order valence-electron chi connectivity index (χ0n) is 10.7. The lowest BCUT2D eigenvalue weighted by Crippen LogP contribution is -2.02. The van der Waals surface area contributed by atoms with Crippen molar-refractivity contribution in [3.8, 4) is 11.5 Å². The molecule has 0 aromatic heterocycles. The van der Waals surface area contributed by atoms with Crippen molar-refractivity contribution < 1.29 is 9.47 Å². The standard InChI is InChI=1S/C13H20BrNO2/c1-9-8-11(16-2)13(17-3)10(12(9)14)6-4-5-7-15/h8H,4-7,15H2,1-3H3. The van der Waals surface area contributed by atoms with Gasteiger partial charge in [0.05, 0.1) is 14.2 Å². The quantitative estimate of drug-likeness (QED) is 0.821. The lowest BCUT2D eigenvalue weighted by molar-refractivity contribution is 0.350. The Labute approximate surface area is 111 Å². The van der Waals surface area contributed by atoms with Crippen molar-refractivity contribution in [3.63, 3.8) is 0 Å². The first-order valence-corrected chi connectivity index (χ1v) is 6.55. The van der Waals surface area contributed by atoms with Crippen LogP contribution in [-0.2, 0) is 6.42 Å². The molecule has 0 aliphatic heterocycles. The lowest BCUT2D eigenvalue weighted by atomic mass is 10.0. The average Bonchev–Trinajstić information content (AvgIpc) is 2.34. The summed E-state index contributed by atoms with van der Waals surface area (Å²) >= 11 is 3.62. The van der Waals surface area contributed by atoms with E-state index in [0.717, 1.165) is 52.9 Å². The highest BCUT2D eigenvalue weighted by atomic mass is 79.9. The Morgan fingerprint density at radius 2 is 1.94 bits per heavy atom. The first-order valence-electron chi connectivity index (χ1n) is 5.75. The number of rotatable bonds is 6. The Bertz CT molecular complexity index is 380. The lowest BCUT2D eigenvalue weighted by Gasteiger charge is -2.16. The summed E-state index contributed by atoms with van der Waals surface area (Å²) in [4.78, 5) is 0. The maximum atomic E-state index is 5.52. The second kappa shape index (κ2) is 6.87. The Morgan fingerprint density at radius 1 is 1.24 bits per heavy atom. The smallest absolute Gasteiger partial charge is 0.165 e. The maximum Gasteiger partial charge on any atom is 0.165 e. The van der Waals surface area contributed by atoms with Crippen molar-refractivity contribution in [3.05, 3.63) is 21.7 Å². The Morgan fingerprint density at radius 3 is 2.47 bits per heavy atom. The SMILES string of the molecule is COc1cc(C)c(Br)c(CCCCN)c1OC. The zero-order chi connectivity index (χ0) is 12.8. The minimum absolute atomic E-state index is 0.725. The molecule has 17 heavy (non-hydrogen) atoms. The number of nitrogens with two attached hydrogens (primary N) is 1. The summed E-state index contributed by atoms with van der Waals surface area (Å²) in [5.41, 5.74) is 7.84. The van der Waals surface area contributed by atoms with Gasteiger partial charge in [-0.3, -0.25) is 0 Å². The molecule has 1 rings (SSSR count). The van der Waals surface area contributed by atoms with Gasteiger partial charge in [0.15, 0.2) is 11.5 Å². The number of benzene rings is 1. The number of ether oxygens (including phenoxy) is 2. The molecule has 0 aliphatic carbocycles. The molecule has 0 aliphatic rings. The molecule has 0 heterocycles. The van der Waals surface area contributed by atoms with Crippen LogP contribution in [0.2, 0.25) is 0 Å². The van der Waals surface area contributed by atoms with Crippen LogP contribution in [0.25, 0.3) is 0 Å². The molecule has 0 bridgehead atoms. The van der Waals surface area contributed by atoms with E-state index in [4.69, 9.17) is 15.2 Å². The summed E-state index contributed by atoms with van der Waals surface area (Å²) in [5, 5.41) is 0. The fourth-order valence-corrected chi connectivity index (χ4v) is 2.35. The molecule has 1 aromatic carbocycles. The third-order valence-electron chi connectivity index (χ3n) is 2.76. The van der Waals surface area contributed by atoms with Gasteiger partial charge in [-0.15, -0.1) is 0 Å². The van der Waals surface area contributed by atoms with Gasteiger partial charge in [0.25, 0.3) is 0 Å².